The van der Waals surface area contributed by atoms with Crippen molar-refractivity contribution in [1.82, 2.24) is 4.90 Å². The van der Waals surface area contributed by atoms with Crippen LogP contribution in [-0.2, 0) is 11.3 Å². The monoisotopic (exact) mass is 345 g/mol. The molecule has 5 heteroatoms. The number of carbonyl (C=O) groups excluding carboxylic acids is 1. The lowest BCUT2D eigenvalue weighted by Crippen LogP contribution is -2.44. The maximum atomic E-state index is 11.2. The number of hydrogen-bond acceptors (Lipinski definition) is 3. The molecule has 5 nitrogen and oxygen atoms in total. The van der Waals surface area contributed by atoms with Crippen LogP contribution in [0.2, 0.25) is 0 Å². The van der Waals surface area contributed by atoms with Gasteiger partial charge in [0, 0.05) is 24.8 Å². The maximum absolute atomic E-state index is 11.2. The second-order valence-electron chi connectivity index (χ2n) is 7.65. The number of nitrogens with two attached hydrogens (primary N) is 1. The minimum absolute atomic E-state index is 0.311. The molecule has 0 bridgehead atoms. The van der Waals surface area contributed by atoms with E-state index in [1.54, 1.807) is 4.90 Å². The molecule has 2 aliphatic rings. The number of ether oxygens (including phenoxy) is 1. The van der Waals surface area contributed by atoms with Crippen molar-refractivity contribution >= 4 is 11.7 Å². The van der Waals surface area contributed by atoms with Crippen LogP contribution >= 0.6 is 0 Å². The zero-order chi connectivity index (χ0) is 17.6. The lowest BCUT2D eigenvalue weighted by Gasteiger charge is -2.31. The number of piperidine rings is 1. The van der Waals surface area contributed by atoms with Crippen molar-refractivity contribution in [3.05, 3.63) is 29.8 Å². The van der Waals surface area contributed by atoms with E-state index in [2.05, 4.69) is 36.5 Å². The van der Waals surface area contributed by atoms with Crippen LogP contribution in [0.1, 0.15) is 51.0 Å². The zero-order valence-electron chi connectivity index (χ0n) is 15.2. The fourth-order valence-electron chi connectivity index (χ4n) is 3.97. The molecule has 1 aliphatic carbocycles. The van der Waals surface area contributed by atoms with Crippen molar-refractivity contribution in [3.8, 4) is 0 Å². The third-order valence-electron chi connectivity index (χ3n) is 5.48. The van der Waals surface area contributed by atoms with Gasteiger partial charge in [-0.2, -0.15) is 0 Å². The summed E-state index contributed by atoms with van der Waals surface area (Å²) in [6, 6.07) is 8.59. The van der Waals surface area contributed by atoms with Crippen molar-refractivity contribution in [2.75, 3.05) is 18.4 Å². The smallest absolute Gasteiger partial charge is 0.314 e. The highest BCUT2D eigenvalue weighted by molar-refractivity contribution is 5.72. The normalized spacial score (nSPS) is 24.9. The second-order valence-corrected chi connectivity index (χ2v) is 7.65. The van der Waals surface area contributed by atoms with E-state index in [9.17, 15) is 4.79 Å². The lowest BCUT2D eigenvalue weighted by molar-refractivity contribution is 0.00468. The number of nitrogens with zero attached hydrogens (tertiary/aromatic N) is 1. The van der Waals surface area contributed by atoms with E-state index in [0.29, 0.717) is 18.8 Å². The predicted octanol–water partition coefficient (Wildman–Crippen LogP) is 3.74. The minimum atomic E-state index is -0.311. The van der Waals surface area contributed by atoms with Crippen LogP contribution in [0.3, 0.4) is 0 Å². The molecule has 2 amide bonds. The van der Waals surface area contributed by atoms with Crippen LogP contribution in [0.4, 0.5) is 10.5 Å². The van der Waals surface area contributed by atoms with Crippen LogP contribution in [0.25, 0.3) is 0 Å². The molecule has 2 atom stereocenters. The number of hydrogen-bond donors (Lipinski definition) is 2. The van der Waals surface area contributed by atoms with Crippen LogP contribution in [0, 0.1) is 5.92 Å². The summed E-state index contributed by atoms with van der Waals surface area (Å²) in [4.78, 5) is 12.9. The summed E-state index contributed by atoms with van der Waals surface area (Å²) < 4.78 is 6.14. The highest BCUT2D eigenvalue weighted by Crippen LogP contribution is 2.26. The van der Waals surface area contributed by atoms with Gasteiger partial charge in [0.05, 0.1) is 12.7 Å². The van der Waals surface area contributed by atoms with Crippen LogP contribution in [-0.4, -0.2) is 36.2 Å². The van der Waals surface area contributed by atoms with Gasteiger partial charge in [0.2, 0.25) is 0 Å². The quantitative estimate of drug-likeness (QED) is 0.854. The van der Waals surface area contributed by atoms with Crippen LogP contribution < -0.4 is 11.1 Å². The largest absolute Gasteiger partial charge is 0.382 e. The van der Waals surface area contributed by atoms with Crippen molar-refractivity contribution in [3.63, 3.8) is 0 Å². The molecule has 138 valence electrons. The fourth-order valence-corrected chi connectivity index (χ4v) is 3.97. The summed E-state index contributed by atoms with van der Waals surface area (Å²) in [5, 5.41) is 3.59. The van der Waals surface area contributed by atoms with Gasteiger partial charge >= 0.3 is 6.03 Å². The van der Waals surface area contributed by atoms with Gasteiger partial charge in [-0.25, -0.2) is 4.79 Å². The first-order chi connectivity index (χ1) is 12.1. The Labute approximate surface area is 150 Å². The summed E-state index contributed by atoms with van der Waals surface area (Å²) in [7, 11) is 0. The highest BCUT2D eigenvalue weighted by atomic mass is 16.5. The predicted molar refractivity (Wildman–Crippen MR) is 100 cm³/mol. The Kier molecular flexibility index (Phi) is 6.19. The molecule has 1 saturated heterocycles. The third kappa shape index (κ3) is 5.36. The van der Waals surface area contributed by atoms with Gasteiger partial charge in [-0.3, -0.25) is 0 Å². The summed E-state index contributed by atoms with van der Waals surface area (Å²) >= 11 is 0. The molecular weight excluding hydrogens is 314 g/mol. The molecule has 1 aliphatic heterocycles. The topological polar surface area (TPSA) is 67.6 Å². The Bertz CT molecular complexity index is 570. The van der Waals surface area contributed by atoms with Gasteiger partial charge < -0.3 is 20.7 Å². The van der Waals surface area contributed by atoms with E-state index >= 15 is 0 Å². The average molecular weight is 345 g/mol. The number of likely N-dealkylation sites (tertiary alicyclic amines) is 1. The van der Waals surface area contributed by atoms with Gasteiger partial charge in [0.25, 0.3) is 0 Å². The highest BCUT2D eigenvalue weighted by Gasteiger charge is 2.21. The molecule has 1 saturated carbocycles. The van der Waals surface area contributed by atoms with Gasteiger partial charge in [-0.1, -0.05) is 31.9 Å². The van der Waals surface area contributed by atoms with Gasteiger partial charge in [0.1, 0.15) is 0 Å². The standard InChI is InChI=1S/C20H31N3O2/c1-15-4-2-7-19(12-15)25-14-16-5-3-6-18(13-16)22-17-8-10-23(11-9-17)20(21)24/h3,5-6,13,15,17,19,22H,2,4,7-12,14H2,1H3,(H2,21,24)/t15-,19+/m1/s1. The fraction of sp³-hybridized carbons (Fsp3) is 0.650. The Morgan fingerprint density at radius 3 is 2.80 bits per heavy atom. The molecule has 0 aromatic heterocycles. The second kappa shape index (κ2) is 8.56. The SMILES string of the molecule is C[C@@H]1CCC[C@H](OCc2cccc(NC3CCN(C(N)=O)CC3)c2)C1. The zero-order valence-corrected chi connectivity index (χ0v) is 15.2. The number of carbonyl (C=O) groups is 1. The van der Waals surface area contributed by atoms with Crippen molar-refractivity contribution < 1.29 is 9.53 Å². The number of primary amides is 1. The Hall–Kier alpha value is -1.75. The molecule has 3 rings (SSSR count). The Balaban J connectivity index is 1.47. The van der Waals surface area contributed by atoms with Crippen molar-refractivity contribution in [1.29, 1.82) is 0 Å². The third-order valence-corrected chi connectivity index (χ3v) is 5.48. The first kappa shape index (κ1) is 18.1. The molecule has 0 unspecified atom stereocenters. The Morgan fingerprint density at radius 1 is 1.28 bits per heavy atom. The first-order valence-corrected chi connectivity index (χ1v) is 9.61. The molecule has 25 heavy (non-hydrogen) atoms. The Morgan fingerprint density at radius 2 is 2.08 bits per heavy atom. The van der Waals surface area contributed by atoms with Crippen molar-refractivity contribution in [2.24, 2.45) is 11.7 Å². The molecular formula is C20H31N3O2. The van der Waals surface area contributed by atoms with Crippen LogP contribution in [0.5, 0.6) is 0 Å². The molecule has 1 aromatic carbocycles. The lowest BCUT2D eigenvalue weighted by atomic mass is 9.89. The number of nitrogens with one attached hydrogen (secondary N) is 1. The van der Waals surface area contributed by atoms with Gasteiger partial charge in [-0.05, 0) is 49.3 Å². The molecule has 2 fully saturated rings. The number of rotatable bonds is 5. The van der Waals surface area contributed by atoms with E-state index < -0.39 is 0 Å². The maximum Gasteiger partial charge on any atom is 0.314 e. The summed E-state index contributed by atoms with van der Waals surface area (Å²) in [5.74, 6) is 0.790. The van der Waals surface area contributed by atoms with Crippen molar-refractivity contribution in [2.45, 2.75) is 64.2 Å². The minimum Gasteiger partial charge on any atom is -0.382 e. The van der Waals surface area contributed by atoms with Gasteiger partial charge in [0.15, 0.2) is 0 Å². The molecule has 1 aromatic rings. The van der Waals surface area contributed by atoms with E-state index in [1.807, 2.05) is 0 Å². The van der Waals surface area contributed by atoms with E-state index in [-0.39, 0.29) is 6.03 Å². The number of urea groups is 1. The van der Waals surface area contributed by atoms with Gasteiger partial charge in [-0.15, -0.1) is 0 Å². The van der Waals surface area contributed by atoms with E-state index in [4.69, 9.17) is 10.5 Å². The summed E-state index contributed by atoms with van der Waals surface area (Å²) in [5.41, 5.74) is 7.70. The average Bonchev–Trinajstić information content (AvgIpc) is 2.61. The first-order valence-electron chi connectivity index (χ1n) is 9.61. The van der Waals surface area contributed by atoms with E-state index in [1.165, 1.54) is 31.2 Å². The van der Waals surface area contributed by atoms with Crippen LogP contribution in [0.15, 0.2) is 24.3 Å². The molecule has 3 N–H and O–H groups in total. The summed E-state index contributed by atoms with van der Waals surface area (Å²) in [6.45, 7) is 4.47. The number of benzene rings is 1. The molecule has 0 spiro atoms. The van der Waals surface area contributed by atoms with E-state index in [0.717, 1.165) is 37.5 Å². The number of anilines is 1. The summed E-state index contributed by atoms with van der Waals surface area (Å²) in [6.07, 6.45) is 7.30. The number of amides is 2. The molecule has 1 heterocycles. The molecule has 0 radical (unpaired) electrons.